The maximum atomic E-state index is 12.0. The van der Waals surface area contributed by atoms with Crippen molar-refractivity contribution in [3.05, 3.63) is 70.2 Å². The van der Waals surface area contributed by atoms with Crippen LogP contribution in [-0.2, 0) is 20.9 Å². The molecule has 1 amide bonds. The van der Waals surface area contributed by atoms with Gasteiger partial charge in [-0.1, -0.05) is 58.4 Å². The average molecular weight is 392 g/mol. The Kier molecular flexibility index (Phi) is 6.81. The van der Waals surface area contributed by atoms with Crippen molar-refractivity contribution in [1.82, 2.24) is 5.32 Å². The van der Waals surface area contributed by atoms with Gasteiger partial charge in [0.15, 0.2) is 0 Å². The molecule has 1 unspecified atom stereocenters. The smallest absolute Gasteiger partial charge is 0.407 e. The monoisotopic (exact) mass is 391 g/mol. The SMILES string of the molecule is COC(=O)CC(NC(=O)OCc1ccccc1)c1ccc(Br)cc1. The summed E-state index contributed by atoms with van der Waals surface area (Å²) in [5.41, 5.74) is 1.68. The van der Waals surface area contributed by atoms with E-state index in [9.17, 15) is 9.59 Å². The molecule has 6 heteroatoms. The molecule has 24 heavy (non-hydrogen) atoms. The molecular weight excluding hydrogens is 374 g/mol. The van der Waals surface area contributed by atoms with E-state index in [1.807, 2.05) is 54.6 Å². The van der Waals surface area contributed by atoms with Crippen LogP contribution in [0.2, 0.25) is 0 Å². The number of methoxy groups -OCH3 is 1. The summed E-state index contributed by atoms with van der Waals surface area (Å²) in [5.74, 6) is -0.411. The number of hydrogen-bond donors (Lipinski definition) is 1. The molecule has 5 nitrogen and oxygen atoms in total. The van der Waals surface area contributed by atoms with E-state index < -0.39 is 18.1 Å². The molecule has 2 aromatic carbocycles. The third-order valence-electron chi connectivity index (χ3n) is 3.38. The molecule has 0 saturated heterocycles. The summed E-state index contributed by atoms with van der Waals surface area (Å²) in [4.78, 5) is 23.6. The van der Waals surface area contributed by atoms with Crippen LogP contribution >= 0.6 is 15.9 Å². The third kappa shape index (κ3) is 5.70. The van der Waals surface area contributed by atoms with E-state index in [0.717, 1.165) is 15.6 Å². The molecule has 0 fully saturated rings. The summed E-state index contributed by atoms with van der Waals surface area (Å²) in [6, 6.07) is 16.2. The Labute approximate surface area is 149 Å². The maximum Gasteiger partial charge on any atom is 0.407 e. The van der Waals surface area contributed by atoms with Gasteiger partial charge in [0, 0.05) is 4.47 Å². The van der Waals surface area contributed by atoms with Gasteiger partial charge in [-0.2, -0.15) is 0 Å². The zero-order valence-electron chi connectivity index (χ0n) is 13.2. The van der Waals surface area contributed by atoms with Crippen molar-refractivity contribution in [1.29, 1.82) is 0 Å². The lowest BCUT2D eigenvalue weighted by Gasteiger charge is -2.18. The summed E-state index contributed by atoms with van der Waals surface area (Å²) in [6.45, 7) is 0.165. The Balaban J connectivity index is 2.00. The summed E-state index contributed by atoms with van der Waals surface area (Å²) in [6.07, 6.45) is -0.561. The fraction of sp³-hybridized carbons (Fsp3) is 0.222. The second kappa shape index (κ2) is 9.08. The molecule has 0 aliphatic carbocycles. The highest BCUT2D eigenvalue weighted by atomic mass is 79.9. The average Bonchev–Trinajstić information content (AvgIpc) is 2.61. The first-order valence-corrected chi connectivity index (χ1v) is 8.17. The number of hydrogen-bond acceptors (Lipinski definition) is 4. The summed E-state index contributed by atoms with van der Waals surface area (Å²) >= 11 is 3.36. The minimum absolute atomic E-state index is 0.0264. The van der Waals surface area contributed by atoms with Gasteiger partial charge < -0.3 is 14.8 Å². The number of halogens is 1. The van der Waals surface area contributed by atoms with Gasteiger partial charge in [0.1, 0.15) is 6.61 Å². The lowest BCUT2D eigenvalue weighted by molar-refractivity contribution is -0.141. The molecule has 1 atom stereocenters. The van der Waals surface area contributed by atoms with Crippen molar-refractivity contribution < 1.29 is 19.1 Å². The van der Waals surface area contributed by atoms with E-state index >= 15 is 0 Å². The van der Waals surface area contributed by atoms with Crippen molar-refractivity contribution in [2.45, 2.75) is 19.1 Å². The fourth-order valence-corrected chi connectivity index (χ4v) is 2.37. The molecule has 0 aliphatic rings. The molecule has 2 rings (SSSR count). The number of benzene rings is 2. The van der Waals surface area contributed by atoms with Crippen LogP contribution in [0, 0.1) is 0 Å². The first-order chi connectivity index (χ1) is 11.6. The van der Waals surface area contributed by atoms with E-state index in [1.165, 1.54) is 7.11 Å². The number of carbonyl (C=O) groups excluding carboxylic acids is 2. The van der Waals surface area contributed by atoms with E-state index in [2.05, 4.69) is 21.2 Å². The Morgan fingerprint density at radius 1 is 1.08 bits per heavy atom. The van der Waals surface area contributed by atoms with Gasteiger partial charge in [0.2, 0.25) is 0 Å². The van der Waals surface area contributed by atoms with Crippen LogP contribution in [0.15, 0.2) is 59.1 Å². The van der Waals surface area contributed by atoms with Crippen LogP contribution in [0.3, 0.4) is 0 Å². The van der Waals surface area contributed by atoms with Crippen LogP contribution < -0.4 is 5.32 Å². The van der Waals surface area contributed by atoms with Gasteiger partial charge in [-0.3, -0.25) is 4.79 Å². The van der Waals surface area contributed by atoms with Crippen molar-refractivity contribution in [2.24, 2.45) is 0 Å². The summed E-state index contributed by atoms with van der Waals surface area (Å²) < 4.78 is 10.8. The molecular formula is C18H18BrNO4. The molecule has 0 bridgehead atoms. The van der Waals surface area contributed by atoms with Gasteiger partial charge in [-0.05, 0) is 23.3 Å². The van der Waals surface area contributed by atoms with Gasteiger partial charge >= 0.3 is 12.1 Å². The summed E-state index contributed by atoms with van der Waals surface area (Å²) in [7, 11) is 1.31. The number of carbonyl (C=O) groups is 2. The van der Waals surface area contributed by atoms with Crippen LogP contribution in [0.25, 0.3) is 0 Å². The first kappa shape index (κ1) is 18.0. The predicted molar refractivity (Wildman–Crippen MR) is 93.3 cm³/mol. The Morgan fingerprint density at radius 3 is 2.38 bits per heavy atom. The Bertz CT molecular complexity index is 673. The quantitative estimate of drug-likeness (QED) is 0.756. The predicted octanol–water partition coefficient (Wildman–Crippen LogP) is 3.98. The molecule has 126 valence electrons. The molecule has 0 radical (unpaired) electrons. The number of rotatable bonds is 6. The molecule has 2 aromatic rings. The summed E-state index contributed by atoms with van der Waals surface area (Å²) in [5, 5.41) is 2.71. The first-order valence-electron chi connectivity index (χ1n) is 7.38. The zero-order valence-corrected chi connectivity index (χ0v) is 14.8. The number of esters is 1. The molecule has 1 N–H and O–H groups in total. The van der Waals surface area contributed by atoms with Gasteiger partial charge in [-0.25, -0.2) is 4.79 Å². The van der Waals surface area contributed by atoms with E-state index in [4.69, 9.17) is 9.47 Å². The van der Waals surface area contributed by atoms with Gasteiger partial charge in [0.05, 0.1) is 19.6 Å². The van der Waals surface area contributed by atoms with Crippen LogP contribution in [0.5, 0.6) is 0 Å². The second-order valence-corrected chi connectivity index (χ2v) is 6.01. The highest BCUT2D eigenvalue weighted by Crippen LogP contribution is 2.20. The topological polar surface area (TPSA) is 64.6 Å². The highest BCUT2D eigenvalue weighted by molar-refractivity contribution is 9.10. The van der Waals surface area contributed by atoms with Gasteiger partial charge in [-0.15, -0.1) is 0 Å². The largest absolute Gasteiger partial charge is 0.469 e. The lowest BCUT2D eigenvalue weighted by atomic mass is 10.0. The Morgan fingerprint density at radius 2 is 1.75 bits per heavy atom. The minimum atomic E-state index is -0.587. The van der Waals surface area contributed by atoms with E-state index in [0.29, 0.717) is 0 Å². The standard InChI is InChI=1S/C18H18BrNO4/c1-23-17(21)11-16(14-7-9-15(19)10-8-14)20-18(22)24-12-13-5-3-2-4-6-13/h2-10,16H,11-12H2,1H3,(H,20,22). The van der Waals surface area contributed by atoms with Crippen molar-refractivity contribution in [3.63, 3.8) is 0 Å². The zero-order chi connectivity index (χ0) is 17.4. The molecule has 0 aliphatic heterocycles. The molecule has 0 spiro atoms. The minimum Gasteiger partial charge on any atom is -0.469 e. The number of nitrogens with one attached hydrogen (secondary N) is 1. The lowest BCUT2D eigenvalue weighted by Crippen LogP contribution is -2.31. The number of ether oxygens (including phenoxy) is 2. The molecule has 0 heterocycles. The van der Waals surface area contributed by atoms with Crippen molar-refractivity contribution >= 4 is 28.0 Å². The maximum absolute atomic E-state index is 12.0. The van der Waals surface area contributed by atoms with Crippen molar-refractivity contribution in [2.75, 3.05) is 7.11 Å². The number of amides is 1. The molecule has 0 aromatic heterocycles. The normalized spacial score (nSPS) is 11.4. The van der Waals surface area contributed by atoms with Crippen molar-refractivity contribution in [3.8, 4) is 0 Å². The van der Waals surface area contributed by atoms with Crippen LogP contribution in [0.4, 0.5) is 4.79 Å². The van der Waals surface area contributed by atoms with E-state index in [-0.39, 0.29) is 13.0 Å². The Hall–Kier alpha value is -2.34. The highest BCUT2D eigenvalue weighted by Gasteiger charge is 2.19. The van der Waals surface area contributed by atoms with E-state index in [1.54, 1.807) is 0 Å². The van der Waals surface area contributed by atoms with Crippen LogP contribution in [-0.4, -0.2) is 19.2 Å². The van der Waals surface area contributed by atoms with Crippen LogP contribution in [0.1, 0.15) is 23.6 Å². The number of alkyl carbamates (subject to hydrolysis) is 1. The third-order valence-corrected chi connectivity index (χ3v) is 3.90. The second-order valence-electron chi connectivity index (χ2n) is 5.09. The molecule has 0 saturated carbocycles. The van der Waals surface area contributed by atoms with Gasteiger partial charge in [0.25, 0.3) is 0 Å². The fourth-order valence-electron chi connectivity index (χ4n) is 2.10.